The van der Waals surface area contributed by atoms with Crippen molar-refractivity contribution in [3.8, 4) is 0 Å². The first-order chi connectivity index (χ1) is 18.5. The van der Waals surface area contributed by atoms with Gasteiger partial charge in [-0.15, -0.1) is 11.3 Å². The Hall–Kier alpha value is -3.47. The monoisotopic (exact) mass is 560 g/mol. The van der Waals surface area contributed by atoms with Gasteiger partial charge in [-0.25, -0.2) is 4.98 Å². The summed E-state index contributed by atoms with van der Waals surface area (Å²) in [5.74, 6) is -1.18. The molecule has 0 aliphatic heterocycles. The second-order valence-electron chi connectivity index (χ2n) is 10.4. The Labute approximate surface area is 233 Å². The van der Waals surface area contributed by atoms with Gasteiger partial charge in [0.2, 0.25) is 5.91 Å². The first kappa shape index (κ1) is 31.7. The van der Waals surface area contributed by atoms with Gasteiger partial charge in [-0.1, -0.05) is 32.4 Å². The highest BCUT2D eigenvalue weighted by molar-refractivity contribution is 7.09. The Morgan fingerprint density at radius 3 is 2.49 bits per heavy atom. The minimum Gasteiger partial charge on any atom is -0.481 e. The van der Waals surface area contributed by atoms with Crippen molar-refractivity contribution in [3.63, 3.8) is 0 Å². The van der Waals surface area contributed by atoms with E-state index in [4.69, 9.17) is 4.74 Å². The molecule has 2 unspecified atom stereocenters. The summed E-state index contributed by atoms with van der Waals surface area (Å²) in [4.78, 5) is 52.5. The van der Waals surface area contributed by atoms with E-state index >= 15 is 0 Å². The van der Waals surface area contributed by atoms with Crippen molar-refractivity contribution in [3.05, 3.63) is 45.9 Å². The fraction of sp³-hybridized carbons (Fsp3) is 0.536. The van der Waals surface area contributed by atoms with Crippen molar-refractivity contribution in [1.82, 2.24) is 15.6 Å². The summed E-state index contributed by atoms with van der Waals surface area (Å²) >= 11 is 1.18. The van der Waals surface area contributed by atoms with Gasteiger partial charge >= 0.3 is 5.97 Å². The van der Waals surface area contributed by atoms with Crippen LogP contribution in [0.15, 0.2) is 29.6 Å². The molecule has 0 aliphatic rings. The molecule has 39 heavy (non-hydrogen) atoms. The maximum absolute atomic E-state index is 13.1. The second-order valence-corrected chi connectivity index (χ2v) is 11.3. The number of carbonyl (C=O) groups is 4. The number of nitrogens with zero attached hydrogens (tertiary/aromatic N) is 1. The van der Waals surface area contributed by atoms with E-state index in [2.05, 4.69) is 20.9 Å². The predicted octanol–water partition coefficient (Wildman–Crippen LogP) is 4.18. The van der Waals surface area contributed by atoms with Crippen LogP contribution < -0.4 is 16.0 Å². The number of thiazole rings is 1. The van der Waals surface area contributed by atoms with E-state index in [1.54, 1.807) is 19.2 Å². The van der Waals surface area contributed by atoms with Crippen molar-refractivity contribution in [2.75, 3.05) is 18.9 Å². The third-order valence-corrected chi connectivity index (χ3v) is 7.54. The predicted molar refractivity (Wildman–Crippen MR) is 151 cm³/mol. The fourth-order valence-corrected chi connectivity index (χ4v) is 4.83. The SMILES string of the molecule is CC[C@H](C)CC(=O)NCCC(OC=O)c1nc(C(=O)NC(Cc2ccc(NC)cc2)CC(C)(C)C(=O)O)cs1. The number of carboxylic acid groups (broad SMARTS) is 1. The number of nitrogens with one attached hydrogen (secondary N) is 3. The summed E-state index contributed by atoms with van der Waals surface area (Å²) < 4.78 is 5.19. The molecular formula is C28H40N4O6S. The number of anilines is 1. The Morgan fingerprint density at radius 2 is 1.90 bits per heavy atom. The zero-order valence-corrected chi connectivity index (χ0v) is 24.1. The number of benzene rings is 1. The Bertz CT molecular complexity index is 1100. The smallest absolute Gasteiger partial charge is 0.309 e. The van der Waals surface area contributed by atoms with E-state index in [0.717, 1.165) is 17.7 Å². The average Bonchev–Trinajstić information content (AvgIpc) is 3.38. The molecule has 0 saturated heterocycles. The van der Waals surface area contributed by atoms with Gasteiger partial charge in [0.25, 0.3) is 12.4 Å². The third kappa shape index (κ3) is 10.3. The number of amides is 2. The van der Waals surface area contributed by atoms with E-state index in [1.165, 1.54) is 11.3 Å². The highest BCUT2D eigenvalue weighted by Crippen LogP contribution is 2.27. The minimum atomic E-state index is -1.06. The van der Waals surface area contributed by atoms with Crippen LogP contribution in [0.5, 0.6) is 0 Å². The van der Waals surface area contributed by atoms with Crippen LogP contribution in [0.1, 0.15) is 80.5 Å². The van der Waals surface area contributed by atoms with Gasteiger partial charge < -0.3 is 25.8 Å². The van der Waals surface area contributed by atoms with Crippen LogP contribution >= 0.6 is 11.3 Å². The van der Waals surface area contributed by atoms with Crippen LogP contribution in [0.3, 0.4) is 0 Å². The van der Waals surface area contributed by atoms with Gasteiger partial charge in [-0.2, -0.15) is 0 Å². The molecule has 2 aromatic rings. The van der Waals surface area contributed by atoms with E-state index in [9.17, 15) is 24.3 Å². The van der Waals surface area contributed by atoms with Gasteiger partial charge in [0.1, 0.15) is 10.7 Å². The summed E-state index contributed by atoms with van der Waals surface area (Å²) in [6.07, 6.45) is 1.60. The molecule has 1 aromatic carbocycles. The normalized spacial score (nSPS) is 13.6. The molecule has 0 bridgehead atoms. The van der Waals surface area contributed by atoms with Gasteiger partial charge in [0.05, 0.1) is 5.41 Å². The molecule has 3 atom stereocenters. The van der Waals surface area contributed by atoms with Crippen molar-refractivity contribution in [2.24, 2.45) is 11.3 Å². The van der Waals surface area contributed by atoms with Crippen LogP contribution in [-0.2, 0) is 25.5 Å². The molecule has 4 N–H and O–H groups in total. The Kier molecular flexibility index (Phi) is 12.4. The van der Waals surface area contributed by atoms with Gasteiger partial charge in [0, 0.05) is 43.5 Å². The van der Waals surface area contributed by atoms with Crippen molar-refractivity contribution in [2.45, 2.75) is 71.9 Å². The molecule has 1 aromatic heterocycles. The van der Waals surface area contributed by atoms with E-state index < -0.39 is 29.4 Å². The molecule has 0 fully saturated rings. The number of hydrogen-bond acceptors (Lipinski definition) is 8. The second kappa shape index (κ2) is 15.2. The summed E-state index contributed by atoms with van der Waals surface area (Å²) in [6, 6.07) is 7.25. The van der Waals surface area contributed by atoms with Crippen molar-refractivity contribution >= 4 is 41.3 Å². The molecule has 2 amide bonds. The van der Waals surface area contributed by atoms with E-state index in [1.807, 2.05) is 45.2 Å². The molecular weight excluding hydrogens is 520 g/mol. The molecule has 0 saturated carbocycles. The third-order valence-electron chi connectivity index (χ3n) is 6.60. The molecule has 10 nitrogen and oxygen atoms in total. The molecule has 0 spiro atoms. The number of rotatable bonds is 17. The zero-order valence-electron chi connectivity index (χ0n) is 23.3. The Balaban J connectivity index is 2.10. The number of carbonyl (C=O) groups excluding carboxylic acids is 3. The standard InChI is InChI=1S/C28H40N4O6S/c1-6-18(2)13-24(34)30-12-11-23(38-17-33)26-32-22(16-39-26)25(35)31-21(15-28(3,4)27(36)37)14-19-7-9-20(29-5)10-8-19/h7-10,16-18,21,23,29H,6,11-15H2,1-5H3,(H,30,34)(H,31,35)(H,36,37)/t18-,21?,23?/m0/s1. The van der Waals surface area contributed by atoms with Gasteiger partial charge in [0.15, 0.2) is 6.10 Å². The number of aliphatic carboxylic acids is 1. The maximum Gasteiger partial charge on any atom is 0.309 e. The van der Waals surface area contributed by atoms with Crippen LogP contribution in [0.2, 0.25) is 0 Å². The lowest BCUT2D eigenvalue weighted by Crippen LogP contribution is -2.41. The maximum atomic E-state index is 13.1. The molecule has 1 heterocycles. The van der Waals surface area contributed by atoms with Crippen LogP contribution in [0.25, 0.3) is 0 Å². The average molecular weight is 561 g/mol. The minimum absolute atomic E-state index is 0.0654. The van der Waals surface area contributed by atoms with Gasteiger partial charge in [-0.3, -0.25) is 19.2 Å². The first-order valence-corrected chi connectivity index (χ1v) is 14.0. The van der Waals surface area contributed by atoms with E-state index in [-0.39, 0.29) is 23.9 Å². The molecule has 11 heteroatoms. The van der Waals surface area contributed by atoms with Crippen LogP contribution in [0, 0.1) is 11.3 Å². The Morgan fingerprint density at radius 1 is 1.21 bits per heavy atom. The van der Waals surface area contributed by atoms with Crippen molar-refractivity contribution in [1.29, 1.82) is 0 Å². The molecule has 0 aliphatic carbocycles. The fourth-order valence-electron chi connectivity index (χ4n) is 3.96. The molecule has 2 rings (SSSR count). The van der Waals surface area contributed by atoms with Crippen LogP contribution in [-0.4, -0.2) is 54.0 Å². The topological polar surface area (TPSA) is 147 Å². The molecule has 0 radical (unpaired) electrons. The number of ether oxygens (including phenoxy) is 1. The number of hydrogen-bond donors (Lipinski definition) is 4. The summed E-state index contributed by atoms with van der Waals surface area (Å²) in [7, 11) is 1.82. The number of aromatic nitrogens is 1. The van der Waals surface area contributed by atoms with Gasteiger partial charge in [-0.05, 0) is 50.3 Å². The zero-order chi connectivity index (χ0) is 29.0. The van der Waals surface area contributed by atoms with Crippen LogP contribution in [0.4, 0.5) is 5.69 Å². The lowest BCUT2D eigenvalue weighted by atomic mass is 9.84. The highest BCUT2D eigenvalue weighted by Gasteiger charge is 2.32. The quantitative estimate of drug-likeness (QED) is 0.211. The summed E-state index contributed by atoms with van der Waals surface area (Å²) in [5, 5.41) is 20.5. The van der Waals surface area contributed by atoms with E-state index in [0.29, 0.717) is 37.3 Å². The lowest BCUT2D eigenvalue weighted by molar-refractivity contribution is -0.147. The molecule has 214 valence electrons. The summed E-state index contributed by atoms with van der Waals surface area (Å²) in [5.41, 5.74) is 0.994. The largest absolute Gasteiger partial charge is 0.481 e. The first-order valence-electron chi connectivity index (χ1n) is 13.1. The highest BCUT2D eigenvalue weighted by atomic mass is 32.1. The van der Waals surface area contributed by atoms with Crippen molar-refractivity contribution < 1.29 is 29.0 Å². The lowest BCUT2D eigenvalue weighted by Gasteiger charge is -2.27. The summed E-state index contributed by atoms with van der Waals surface area (Å²) in [6.45, 7) is 7.92. The number of carboxylic acids is 1.